The van der Waals surface area contributed by atoms with Crippen molar-refractivity contribution >= 4 is 11.8 Å². The van der Waals surface area contributed by atoms with Gasteiger partial charge >= 0.3 is 5.69 Å². The molecule has 2 aromatic heterocycles. The monoisotopic (exact) mass is 434 g/mol. The number of hydrogen-bond donors (Lipinski definition) is 0. The van der Waals surface area contributed by atoms with Gasteiger partial charge in [0.15, 0.2) is 0 Å². The van der Waals surface area contributed by atoms with Crippen molar-refractivity contribution < 1.29 is 0 Å². The molecule has 7 nitrogen and oxygen atoms in total. The highest BCUT2D eigenvalue weighted by Gasteiger charge is 2.14. The predicted molar refractivity (Wildman–Crippen MR) is 124 cm³/mol. The third-order valence-corrected chi connectivity index (χ3v) is 6.55. The summed E-state index contributed by atoms with van der Waals surface area (Å²) in [6, 6.07) is 12.8. The number of aryl methyl sites for hydroxylation is 3. The fraction of sp³-hybridized carbons (Fsp3) is 0.304. The van der Waals surface area contributed by atoms with Crippen LogP contribution in [0.1, 0.15) is 36.6 Å². The van der Waals surface area contributed by atoms with Crippen LogP contribution in [0.3, 0.4) is 0 Å². The van der Waals surface area contributed by atoms with Gasteiger partial charge in [0.25, 0.3) is 0 Å². The van der Waals surface area contributed by atoms with E-state index in [1.54, 1.807) is 18.8 Å². The zero-order chi connectivity index (χ0) is 22.1. The van der Waals surface area contributed by atoms with Crippen LogP contribution >= 0.6 is 11.8 Å². The standard InChI is InChI=1S/C23H26N6OS/c1-15(2)28-13-19(12-24-28)18-9-10-22(17(4)11-18)31-14-20-16(3)7-6-8-21(20)29-23(30)27(5)25-26-29/h6-13,15H,14H2,1-5H3. The lowest BCUT2D eigenvalue weighted by Crippen LogP contribution is -2.23. The van der Waals surface area contributed by atoms with Crippen molar-refractivity contribution in [3.05, 3.63) is 76.0 Å². The van der Waals surface area contributed by atoms with E-state index in [9.17, 15) is 4.79 Å². The minimum absolute atomic E-state index is 0.251. The summed E-state index contributed by atoms with van der Waals surface area (Å²) in [5.74, 6) is 0.733. The van der Waals surface area contributed by atoms with E-state index in [1.165, 1.54) is 19.8 Å². The first kappa shape index (κ1) is 21.1. The first-order chi connectivity index (χ1) is 14.8. The van der Waals surface area contributed by atoms with Gasteiger partial charge in [-0.1, -0.05) is 24.3 Å². The molecule has 4 aromatic rings. The van der Waals surface area contributed by atoms with Crippen molar-refractivity contribution in [2.24, 2.45) is 7.05 Å². The lowest BCUT2D eigenvalue weighted by molar-refractivity contribution is 0.532. The van der Waals surface area contributed by atoms with Crippen LogP contribution in [0.4, 0.5) is 0 Å². The van der Waals surface area contributed by atoms with Crippen molar-refractivity contribution in [2.45, 2.75) is 44.4 Å². The minimum atomic E-state index is -0.251. The first-order valence-electron chi connectivity index (χ1n) is 10.2. The number of benzene rings is 2. The second-order valence-electron chi connectivity index (χ2n) is 7.94. The summed E-state index contributed by atoms with van der Waals surface area (Å²) in [4.78, 5) is 13.6. The average Bonchev–Trinajstić information content (AvgIpc) is 3.36. The first-order valence-corrected chi connectivity index (χ1v) is 11.2. The molecule has 0 saturated heterocycles. The molecule has 0 N–H and O–H groups in total. The molecule has 0 fully saturated rings. The van der Waals surface area contributed by atoms with E-state index in [2.05, 4.69) is 73.7 Å². The molecule has 0 atom stereocenters. The third-order valence-electron chi connectivity index (χ3n) is 5.35. The highest BCUT2D eigenvalue weighted by atomic mass is 32.2. The van der Waals surface area contributed by atoms with Gasteiger partial charge in [-0.15, -0.1) is 11.8 Å². The number of rotatable bonds is 6. The summed E-state index contributed by atoms with van der Waals surface area (Å²) in [6.07, 6.45) is 4.00. The molecule has 0 spiro atoms. The van der Waals surface area contributed by atoms with Gasteiger partial charge in [0.1, 0.15) is 0 Å². The Balaban J connectivity index is 1.59. The average molecular weight is 435 g/mol. The van der Waals surface area contributed by atoms with E-state index >= 15 is 0 Å². The highest BCUT2D eigenvalue weighted by Crippen LogP contribution is 2.32. The molecule has 0 saturated carbocycles. The van der Waals surface area contributed by atoms with Crippen molar-refractivity contribution in [3.8, 4) is 16.8 Å². The Hall–Kier alpha value is -3.13. The Morgan fingerprint density at radius 3 is 2.48 bits per heavy atom. The summed E-state index contributed by atoms with van der Waals surface area (Å²) in [5.41, 5.74) is 6.23. The molecule has 4 rings (SSSR count). The van der Waals surface area contributed by atoms with Crippen molar-refractivity contribution in [1.82, 2.24) is 29.6 Å². The topological polar surface area (TPSA) is 70.5 Å². The zero-order valence-electron chi connectivity index (χ0n) is 18.4. The SMILES string of the molecule is Cc1cc(-c2cnn(C(C)C)c2)ccc1SCc1c(C)cccc1-n1nnn(C)c1=O. The van der Waals surface area contributed by atoms with E-state index < -0.39 is 0 Å². The van der Waals surface area contributed by atoms with Crippen LogP contribution in [0.15, 0.2) is 58.5 Å². The molecule has 0 bridgehead atoms. The molecule has 8 heteroatoms. The summed E-state index contributed by atoms with van der Waals surface area (Å²) < 4.78 is 4.58. The van der Waals surface area contributed by atoms with Gasteiger partial charge < -0.3 is 0 Å². The number of aromatic nitrogens is 6. The number of hydrogen-bond acceptors (Lipinski definition) is 5. The lowest BCUT2D eigenvalue weighted by atomic mass is 10.1. The molecular weight excluding hydrogens is 408 g/mol. The number of tetrazole rings is 1. The fourth-order valence-corrected chi connectivity index (χ4v) is 4.57. The van der Waals surface area contributed by atoms with Crippen LogP contribution < -0.4 is 5.69 Å². The van der Waals surface area contributed by atoms with Gasteiger partial charge in [0.05, 0.1) is 11.9 Å². The minimum Gasteiger partial charge on any atom is -0.270 e. The maximum atomic E-state index is 12.4. The van der Waals surface area contributed by atoms with E-state index in [0.717, 1.165) is 33.7 Å². The Morgan fingerprint density at radius 1 is 1.03 bits per heavy atom. The second-order valence-corrected chi connectivity index (χ2v) is 8.96. The molecule has 0 unspecified atom stereocenters. The largest absolute Gasteiger partial charge is 0.368 e. The zero-order valence-corrected chi connectivity index (χ0v) is 19.2. The molecule has 0 amide bonds. The van der Waals surface area contributed by atoms with Gasteiger partial charge in [0.2, 0.25) is 0 Å². The molecule has 0 aliphatic rings. The van der Waals surface area contributed by atoms with E-state index in [4.69, 9.17) is 0 Å². The Bertz CT molecular complexity index is 1280. The van der Waals surface area contributed by atoms with Gasteiger partial charge in [-0.2, -0.15) is 14.5 Å². The molecule has 31 heavy (non-hydrogen) atoms. The van der Waals surface area contributed by atoms with Crippen LogP contribution in [0.25, 0.3) is 16.8 Å². The molecule has 2 aromatic carbocycles. The summed E-state index contributed by atoms with van der Waals surface area (Å²) >= 11 is 1.76. The molecule has 0 aliphatic heterocycles. The summed E-state index contributed by atoms with van der Waals surface area (Å²) in [5, 5.41) is 12.3. The Morgan fingerprint density at radius 2 is 1.84 bits per heavy atom. The highest BCUT2D eigenvalue weighted by molar-refractivity contribution is 7.98. The van der Waals surface area contributed by atoms with Crippen LogP contribution in [-0.2, 0) is 12.8 Å². The normalized spacial score (nSPS) is 11.4. The van der Waals surface area contributed by atoms with E-state index in [1.807, 2.05) is 23.0 Å². The van der Waals surface area contributed by atoms with Gasteiger partial charge in [-0.25, -0.2) is 4.79 Å². The molecule has 160 valence electrons. The van der Waals surface area contributed by atoms with Gasteiger partial charge in [0, 0.05) is 35.5 Å². The van der Waals surface area contributed by atoms with Crippen molar-refractivity contribution in [2.75, 3.05) is 0 Å². The van der Waals surface area contributed by atoms with Gasteiger partial charge in [-0.05, 0) is 72.5 Å². The summed E-state index contributed by atoms with van der Waals surface area (Å²) in [6.45, 7) is 8.43. The van der Waals surface area contributed by atoms with Gasteiger partial charge in [-0.3, -0.25) is 4.68 Å². The van der Waals surface area contributed by atoms with Crippen molar-refractivity contribution in [1.29, 1.82) is 0 Å². The van der Waals surface area contributed by atoms with E-state index in [-0.39, 0.29) is 5.69 Å². The van der Waals surface area contributed by atoms with E-state index in [0.29, 0.717) is 6.04 Å². The maximum Gasteiger partial charge on any atom is 0.368 e. The molecule has 0 aliphatic carbocycles. The fourth-order valence-electron chi connectivity index (χ4n) is 3.45. The summed E-state index contributed by atoms with van der Waals surface area (Å²) in [7, 11) is 1.60. The number of thioether (sulfide) groups is 1. The quantitative estimate of drug-likeness (QED) is 0.423. The molecular formula is C23H26N6OS. The van der Waals surface area contributed by atoms with Crippen LogP contribution in [0, 0.1) is 13.8 Å². The molecule has 2 heterocycles. The third kappa shape index (κ3) is 4.20. The predicted octanol–water partition coefficient (Wildman–Crippen LogP) is 4.32. The molecule has 0 radical (unpaired) electrons. The second kappa shape index (κ2) is 8.55. The number of nitrogens with zero attached hydrogens (tertiary/aromatic N) is 6. The van der Waals surface area contributed by atoms with Crippen molar-refractivity contribution in [3.63, 3.8) is 0 Å². The maximum absolute atomic E-state index is 12.4. The Kier molecular flexibility index (Phi) is 5.82. The smallest absolute Gasteiger partial charge is 0.270 e. The van der Waals surface area contributed by atoms with Crippen LogP contribution in [-0.4, -0.2) is 29.6 Å². The van der Waals surface area contributed by atoms with Crippen LogP contribution in [0.2, 0.25) is 0 Å². The lowest BCUT2D eigenvalue weighted by Gasteiger charge is -2.13. The Labute approximate surface area is 185 Å². The van der Waals surface area contributed by atoms with Crippen LogP contribution in [0.5, 0.6) is 0 Å².